The van der Waals surface area contributed by atoms with Crippen LogP contribution in [0.4, 0.5) is 21.9 Å². The molecular formula is C32H40N6O6S. The first-order valence-corrected chi connectivity index (χ1v) is 16.1. The van der Waals surface area contributed by atoms with Crippen molar-refractivity contribution in [1.82, 2.24) is 14.9 Å². The molecule has 4 aromatic rings. The molecule has 2 amide bonds. The lowest BCUT2D eigenvalue weighted by Gasteiger charge is -2.24. The zero-order valence-electron chi connectivity index (χ0n) is 26.8. The number of hydrogen-bond donors (Lipinski definition) is 3. The van der Waals surface area contributed by atoms with Gasteiger partial charge in [-0.15, -0.1) is 0 Å². The van der Waals surface area contributed by atoms with Crippen molar-refractivity contribution >= 4 is 43.9 Å². The van der Waals surface area contributed by atoms with Gasteiger partial charge in [-0.05, 0) is 56.3 Å². The summed E-state index contributed by atoms with van der Waals surface area (Å²) in [5.41, 5.74) is 2.20. The maximum absolute atomic E-state index is 13.3. The second kappa shape index (κ2) is 13.6. The minimum atomic E-state index is -3.62. The molecule has 4 rings (SSSR count). The average Bonchev–Trinajstić information content (AvgIpc) is 2.92. The quantitative estimate of drug-likeness (QED) is 0.181. The van der Waals surface area contributed by atoms with Gasteiger partial charge in [-0.2, -0.15) is 4.98 Å². The number of urea groups is 1. The Morgan fingerprint density at radius 2 is 1.60 bits per heavy atom. The molecule has 0 radical (unpaired) electrons. The highest BCUT2D eigenvalue weighted by Crippen LogP contribution is 2.40. The first-order chi connectivity index (χ1) is 21.1. The van der Waals surface area contributed by atoms with E-state index in [1.54, 1.807) is 30.3 Å². The Balaban J connectivity index is 1.61. The Hall–Kier alpha value is -4.62. The zero-order valence-corrected chi connectivity index (χ0v) is 27.6. The van der Waals surface area contributed by atoms with E-state index in [-0.39, 0.29) is 22.9 Å². The molecule has 240 valence electrons. The molecule has 0 bridgehead atoms. The fourth-order valence-electron chi connectivity index (χ4n) is 4.46. The number of aromatic nitrogens is 2. The van der Waals surface area contributed by atoms with Crippen molar-refractivity contribution < 1.29 is 27.4 Å². The van der Waals surface area contributed by atoms with E-state index in [0.717, 1.165) is 22.6 Å². The van der Waals surface area contributed by atoms with Crippen LogP contribution < -0.4 is 29.6 Å². The number of hydrogen-bond acceptors (Lipinski definition) is 9. The molecule has 45 heavy (non-hydrogen) atoms. The number of rotatable bonds is 11. The van der Waals surface area contributed by atoms with Crippen LogP contribution in [0.25, 0.3) is 10.8 Å². The van der Waals surface area contributed by atoms with Crippen LogP contribution in [-0.2, 0) is 15.4 Å². The summed E-state index contributed by atoms with van der Waals surface area (Å²) >= 11 is 0. The summed E-state index contributed by atoms with van der Waals surface area (Å²) in [6.45, 7) is 8.95. The van der Waals surface area contributed by atoms with Gasteiger partial charge in [0.2, 0.25) is 15.9 Å². The minimum absolute atomic E-state index is 0.183. The normalized spacial score (nSPS) is 11.8. The lowest BCUT2D eigenvalue weighted by atomic mass is 9.86. The molecule has 0 atom stereocenters. The number of methoxy groups -OCH3 is 1. The van der Waals surface area contributed by atoms with Gasteiger partial charge >= 0.3 is 12.0 Å². The number of nitrogens with one attached hydrogen (secondary N) is 3. The third kappa shape index (κ3) is 8.96. The van der Waals surface area contributed by atoms with Gasteiger partial charge in [-0.1, -0.05) is 45.0 Å². The van der Waals surface area contributed by atoms with Crippen LogP contribution >= 0.6 is 0 Å². The highest BCUT2D eigenvalue weighted by Gasteiger charge is 2.22. The summed E-state index contributed by atoms with van der Waals surface area (Å²) < 4.78 is 44.1. The molecule has 1 heterocycles. The number of sulfonamides is 1. The molecule has 0 unspecified atom stereocenters. The largest absolute Gasteiger partial charge is 0.492 e. The van der Waals surface area contributed by atoms with E-state index >= 15 is 0 Å². The van der Waals surface area contributed by atoms with Gasteiger partial charge in [0.15, 0.2) is 5.75 Å². The van der Waals surface area contributed by atoms with Crippen molar-refractivity contribution in [2.45, 2.75) is 33.1 Å². The molecule has 13 heteroatoms. The molecule has 0 saturated heterocycles. The minimum Gasteiger partial charge on any atom is -0.492 e. The van der Waals surface area contributed by atoms with Crippen molar-refractivity contribution in [2.24, 2.45) is 0 Å². The molecule has 0 fully saturated rings. The van der Waals surface area contributed by atoms with Crippen LogP contribution in [0.3, 0.4) is 0 Å². The standard InChI is InChI=1S/C32H40N6O6S/c1-20-17-28(36-31(33-20)43-16-15-38(5)6)44-27-14-13-24(22-11-9-10-12-23(22)27)34-30(39)35-25-18-21(32(2,3)4)19-26(29(25)42-7)37-45(8,40)41/h9-14,17-19,37H,15-16H2,1-8H3,(H2,34,35,39). The van der Waals surface area contributed by atoms with E-state index in [1.165, 1.54) is 7.11 Å². The van der Waals surface area contributed by atoms with Crippen LogP contribution in [0.5, 0.6) is 23.4 Å². The second-order valence-corrected chi connectivity index (χ2v) is 13.6. The molecule has 0 aliphatic rings. The maximum Gasteiger partial charge on any atom is 0.323 e. The van der Waals surface area contributed by atoms with E-state index in [2.05, 4.69) is 25.3 Å². The van der Waals surface area contributed by atoms with E-state index in [9.17, 15) is 13.2 Å². The number of anilines is 3. The first kappa shape index (κ1) is 33.3. The number of fused-ring (bicyclic) bond motifs is 1. The molecule has 0 saturated carbocycles. The predicted octanol–water partition coefficient (Wildman–Crippen LogP) is 5.99. The van der Waals surface area contributed by atoms with E-state index in [0.29, 0.717) is 41.8 Å². The van der Waals surface area contributed by atoms with Gasteiger partial charge in [0, 0.05) is 29.1 Å². The Labute approximate surface area is 264 Å². The topological polar surface area (TPSA) is 144 Å². The van der Waals surface area contributed by atoms with E-state index in [4.69, 9.17) is 14.2 Å². The number of carbonyl (C=O) groups is 1. The molecule has 3 aromatic carbocycles. The monoisotopic (exact) mass is 636 g/mol. The van der Waals surface area contributed by atoms with Crippen LogP contribution in [0.15, 0.2) is 54.6 Å². The van der Waals surface area contributed by atoms with Gasteiger partial charge < -0.3 is 29.7 Å². The SMILES string of the molecule is COc1c(NC(=O)Nc2ccc(Oc3cc(C)nc(OCCN(C)C)n3)c3ccccc23)cc(C(C)(C)C)cc1NS(C)(=O)=O. The van der Waals surface area contributed by atoms with Crippen molar-refractivity contribution in [3.05, 3.63) is 65.9 Å². The number of amides is 2. The molecule has 0 aliphatic carbocycles. The highest BCUT2D eigenvalue weighted by atomic mass is 32.2. The Morgan fingerprint density at radius 3 is 2.24 bits per heavy atom. The van der Waals surface area contributed by atoms with Gasteiger partial charge in [0.05, 0.1) is 30.4 Å². The van der Waals surface area contributed by atoms with E-state index < -0.39 is 16.1 Å². The van der Waals surface area contributed by atoms with Gasteiger partial charge in [0.25, 0.3) is 0 Å². The molecule has 12 nitrogen and oxygen atoms in total. The summed E-state index contributed by atoms with van der Waals surface area (Å²) in [5, 5.41) is 7.21. The lowest BCUT2D eigenvalue weighted by Crippen LogP contribution is -2.22. The van der Waals surface area contributed by atoms with Crippen LogP contribution in [0.2, 0.25) is 0 Å². The predicted molar refractivity (Wildman–Crippen MR) is 178 cm³/mol. The summed E-state index contributed by atoms with van der Waals surface area (Å²) in [6, 6.07) is 15.8. The molecule has 3 N–H and O–H groups in total. The van der Waals surface area contributed by atoms with Crippen LogP contribution in [-0.4, -0.2) is 69.9 Å². The fraction of sp³-hybridized carbons (Fsp3) is 0.344. The average molecular weight is 637 g/mol. The van der Waals surface area contributed by atoms with Gasteiger partial charge in [-0.3, -0.25) is 4.72 Å². The Bertz CT molecular complexity index is 1800. The maximum atomic E-state index is 13.3. The molecule has 0 spiro atoms. The van der Waals surface area contributed by atoms with Crippen molar-refractivity contribution in [2.75, 3.05) is 56.0 Å². The Kier molecular flexibility index (Phi) is 10.0. The number of carbonyl (C=O) groups excluding carboxylic acids is 1. The van der Waals surface area contributed by atoms with Gasteiger partial charge in [-0.25, -0.2) is 18.2 Å². The zero-order chi connectivity index (χ0) is 32.9. The van der Waals surface area contributed by atoms with Crippen LogP contribution in [0.1, 0.15) is 32.0 Å². The third-order valence-corrected chi connectivity index (χ3v) is 7.22. The van der Waals surface area contributed by atoms with Crippen molar-refractivity contribution in [3.8, 4) is 23.4 Å². The third-order valence-electron chi connectivity index (χ3n) is 6.63. The number of aryl methyl sites for hydroxylation is 1. The van der Waals surface area contributed by atoms with E-state index in [1.807, 2.05) is 71.0 Å². The first-order valence-electron chi connectivity index (χ1n) is 14.2. The molecular weight excluding hydrogens is 596 g/mol. The number of benzene rings is 3. The highest BCUT2D eigenvalue weighted by molar-refractivity contribution is 7.92. The van der Waals surface area contributed by atoms with Gasteiger partial charge in [0.1, 0.15) is 12.4 Å². The summed E-state index contributed by atoms with van der Waals surface area (Å²) in [7, 11) is 1.71. The van der Waals surface area contributed by atoms with Crippen molar-refractivity contribution in [3.63, 3.8) is 0 Å². The second-order valence-electron chi connectivity index (χ2n) is 11.8. The van der Waals surface area contributed by atoms with Crippen LogP contribution in [0, 0.1) is 6.92 Å². The number of ether oxygens (including phenoxy) is 3. The number of likely N-dealkylation sites (N-methyl/N-ethyl adjacent to an activating group) is 1. The fourth-order valence-corrected chi connectivity index (χ4v) is 5.01. The lowest BCUT2D eigenvalue weighted by molar-refractivity contribution is 0.242. The summed E-state index contributed by atoms with van der Waals surface area (Å²) in [4.78, 5) is 24.1. The molecule has 0 aliphatic heterocycles. The molecule has 1 aromatic heterocycles. The smallest absolute Gasteiger partial charge is 0.323 e. The Morgan fingerprint density at radius 1 is 0.933 bits per heavy atom. The summed E-state index contributed by atoms with van der Waals surface area (Å²) in [5.74, 6) is 1.04. The van der Waals surface area contributed by atoms with Crippen molar-refractivity contribution in [1.29, 1.82) is 0 Å². The summed E-state index contributed by atoms with van der Waals surface area (Å²) in [6.07, 6.45) is 1.06. The number of nitrogens with zero attached hydrogens (tertiary/aromatic N) is 3.